The molecule has 0 unspecified atom stereocenters. The molecule has 1 fully saturated rings. The van der Waals surface area contributed by atoms with Crippen LogP contribution in [0, 0.1) is 0 Å². The van der Waals surface area contributed by atoms with Gasteiger partial charge in [0.1, 0.15) is 5.76 Å². The smallest absolute Gasteiger partial charge is 0.187 e. The van der Waals surface area contributed by atoms with E-state index in [1.165, 1.54) is 0 Å². The van der Waals surface area contributed by atoms with E-state index < -0.39 is 0 Å². The van der Waals surface area contributed by atoms with Gasteiger partial charge in [0.2, 0.25) is 0 Å². The monoisotopic (exact) mass is 333 g/mol. The van der Waals surface area contributed by atoms with Crippen molar-refractivity contribution in [3.63, 3.8) is 0 Å². The van der Waals surface area contributed by atoms with Crippen molar-refractivity contribution in [1.82, 2.24) is 14.9 Å². The van der Waals surface area contributed by atoms with E-state index in [1.807, 2.05) is 35.3 Å². The lowest BCUT2D eigenvalue weighted by atomic mass is 10.4. The van der Waals surface area contributed by atoms with Crippen LogP contribution in [0.5, 0.6) is 0 Å². The summed E-state index contributed by atoms with van der Waals surface area (Å²) in [4.78, 5) is 15.7. The first-order valence-corrected chi connectivity index (χ1v) is 8.68. The van der Waals surface area contributed by atoms with E-state index in [0.717, 1.165) is 42.6 Å². The van der Waals surface area contributed by atoms with E-state index in [1.54, 1.807) is 28.9 Å². The molecule has 0 saturated carbocycles. The van der Waals surface area contributed by atoms with E-state index in [9.17, 15) is 0 Å². The van der Waals surface area contributed by atoms with Crippen LogP contribution in [0.2, 0.25) is 0 Å². The van der Waals surface area contributed by atoms with Crippen molar-refractivity contribution in [3.8, 4) is 0 Å². The topological polar surface area (TPSA) is 48.6 Å². The fraction of sp³-hybridized carbons (Fsp3) is 0.286. The number of aromatic nitrogens is 2. The first-order chi connectivity index (χ1) is 10.9. The van der Waals surface area contributed by atoms with Gasteiger partial charge in [-0.2, -0.15) is 0 Å². The molecule has 114 valence electrons. The summed E-state index contributed by atoms with van der Waals surface area (Å²) >= 11 is 3.32. The molecule has 8 heteroatoms. The molecular formula is C14H15N5OS2. The third-order valence-corrected chi connectivity index (χ3v) is 5.09. The highest BCUT2D eigenvalue weighted by molar-refractivity contribution is 7.14. The third-order valence-electron chi connectivity index (χ3n) is 3.42. The minimum absolute atomic E-state index is 0.775. The molecule has 0 radical (unpaired) electrons. The van der Waals surface area contributed by atoms with E-state index >= 15 is 0 Å². The van der Waals surface area contributed by atoms with Gasteiger partial charge in [-0.05, 0) is 12.1 Å². The fourth-order valence-electron chi connectivity index (χ4n) is 2.53. The van der Waals surface area contributed by atoms with Gasteiger partial charge in [0.05, 0.1) is 32.8 Å². The average Bonchev–Trinajstić information content (AvgIpc) is 3.29. The Morgan fingerprint density at radius 2 is 1.68 bits per heavy atom. The van der Waals surface area contributed by atoms with Crippen LogP contribution >= 0.6 is 22.7 Å². The Bertz CT molecular complexity index is 641. The normalized spacial score (nSPS) is 16.4. The fourth-order valence-corrected chi connectivity index (χ4v) is 3.79. The molecule has 0 bridgehead atoms. The molecule has 3 aromatic heterocycles. The maximum absolute atomic E-state index is 5.48. The SMILES string of the molecule is c1coc(CN2CN(c3nccs3)CN(c3nccs3)C2)c1. The molecule has 0 aromatic carbocycles. The van der Waals surface area contributed by atoms with Crippen molar-refractivity contribution in [1.29, 1.82) is 0 Å². The van der Waals surface area contributed by atoms with Crippen molar-refractivity contribution < 1.29 is 4.42 Å². The second-order valence-corrected chi connectivity index (χ2v) is 6.79. The molecule has 0 N–H and O–H groups in total. The van der Waals surface area contributed by atoms with Crippen LogP contribution in [0.15, 0.2) is 46.0 Å². The van der Waals surface area contributed by atoms with Crippen molar-refractivity contribution in [2.75, 3.05) is 29.8 Å². The predicted molar refractivity (Wildman–Crippen MR) is 88.0 cm³/mol. The summed E-state index contributed by atoms with van der Waals surface area (Å²) in [7, 11) is 0. The highest BCUT2D eigenvalue weighted by Crippen LogP contribution is 2.26. The summed E-state index contributed by atoms with van der Waals surface area (Å²) in [5, 5.41) is 6.08. The highest BCUT2D eigenvalue weighted by atomic mass is 32.1. The summed E-state index contributed by atoms with van der Waals surface area (Å²) in [6.07, 6.45) is 5.41. The zero-order valence-corrected chi connectivity index (χ0v) is 13.5. The first kappa shape index (κ1) is 13.7. The summed E-state index contributed by atoms with van der Waals surface area (Å²) in [6.45, 7) is 3.23. The van der Waals surface area contributed by atoms with Crippen molar-refractivity contribution in [2.45, 2.75) is 6.54 Å². The van der Waals surface area contributed by atoms with Gasteiger partial charge in [-0.25, -0.2) is 9.97 Å². The van der Waals surface area contributed by atoms with E-state index in [-0.39, 0.29) is 0 Å². The van der Waals surface area contributed by atoms with Gasteiger partial charge in [0.15, 0.2) is 10.3 Å². The van der Waals surface area contributed by atoms with Crippen LogP contribution in [-0.4, -0.2) is 34.9 Å². The van der Waals surface area contributed by atoms with Gasteiger partial charge < -0.3 is 14.2 Å². The van der Waals surface area contributed by atoms with E-state index in [4.69, 9.17) is 4.42 Å². The van der Waals surface area contributed by atoms with Crippen LogP contribution < -0.4 is 9.80 Å². The number of rotatable bonds is 4. The zero-order valence-electron chi connectivity index (χ0n) is 11.8. The quantitative estimate of drug-likeness (QED) is 0.732. The highest BCUT2D eigenvalue weighted by Gasteiger charge is 2.26. The molecule has 0 amide bonds. The average molecular weight is 333 g/mol. The predicted octanol–water partition coefficient (Wildman–Crippen LogP) is 2.89. The second-order valence-electron chi connectivity index (χ2n) is 5.04. The molecule has 4 heterocycles. The van der Waals surface area contributed by atoms with Gasteiger partial charge in [-0.15, -0.1) is 22.7 Å². The Balaban J connectivity index is 1.56. The van der Waals surface area contributed by atoms with Crippen LogP contribution in [0.25, 0.3) is 0 Å². The van der Waals surface area contributed by atoms with Crippen LogP contribution in [0.1, 0.15) is 5.76 Å². The van der Waals surface area contributed by atoms with Gasteiger partial charge in [0, 0.05) is 23.2 Å². The molecule has 6 nitrogen and oxygen atoms in total. The molecule has 22 heavy (non-hydrogen) atoms. The van der Waals surface area contributed by atoms with Crippen LogP contribution in [0.4, 0.5) is 10.3 Å². The maximum atomic E-state index is 5.48. The molecule has 0 spiro atoms. The molecule has 3 aromatic rings. The minimum atomic E-state index is 0.775. The summed E-state index contributed by atoms with van der Waals surface area (Å²) in [5.74, 6) is 0.972. The number of hydrogen-bond donors (Lipinski definition) is 0. The van der Waals surface area contributed by atoms with Crippen molar-refractivity contribution in [3.05, 3.63) is 47.3 Å². The Morgan fingerprint density at radius 3 is 2.18 bits per heavy atom. The first-order valence-electron chi connectivity index (χ1n) is 6.92. The number of anilines is 2. The lowest BCUT2D eigenvalue weighted by Gasteiger charge is -2.41. The summed E-state index contributed by atoms with van der Waals surface area (Å²) < 4.78 is 5.48. The third kappa shape index (κ3) is 2.85. The molecule has 0 aliphatic carbocycles. The van der Waals surface area contributed by atoms with Gasteiger partial charge >= 0.3 is 0 Å². The van der Waals surface area contributed by atoms with Crippen LogP contribution in [-0.2, 0) is 6.54 Å². The largest absolute Gasteiger partial charge is 0.468 e. The van der Waals surface area contributed by atoms with E-state index in [2.05, 4.69) is 24.7 Å². The zero-order chi connectivity index (χ0) is 14.8. The lowest BCUT2D eigenvalue weighted by Crippen LogP contribution is -2.55. The van der Waals surface area contributed by atoms with Gasteiger partial charge in [-0.3, -0.25) is 4.90 Å². The van der Waals surface area contributed by atoms with Gasteiger partial charge in [0.25, 0.3) is 0 Å². The summed E-state index contributed by atoms with van der Waals surface area (Å²) in [5.41, 5.74) is 0. The Hall–Kier alpha value is -1.90. The Morgan fingerprint density at radius 1 is 1.00 bits per heavy atom. The Labute approximate surface area is 136 Å². The number of furan rings is 1. The molecule has 1 aliphatic rings. The van der Waals surface area contributed by atoms with Crippen LogP contribution in [0.3, 0.4) is 0 Å². The molecule has 0 atom stereocenters. The standard InChI is InChI=1S/C14H15N5OS2/c1-2-12(20-5-1)8-17-9-18(13-15-3-6-21-13)11-19(10-17)14-16-4-7-22-14/h1-7H,8-11H2. The molecule has 1 saturated heterocycles. The molecule has 4 rings (SSSR count). The Kier molecular flexibility index (Phi) is 3.79. The van der Waals surface area contributed by atoms with Crippen molar-refractivity contribution in [2.24, 2.45) is 0 Å². The molecular weight excluding hydrogens is 318 g/mol. The number of thiazole rings is 2. The van der Waals surface area contributed by atoms with Gasteiger partial charge in [-0.1, -0.05) is 0 Å². The number of hydrogen-bond acceptors (Lipinski definition) is 8. The van der Waals surface area contributed by atoms with E-state index in [0.29, 0.717) is 0 Å². The second kappa shape index (κ2) is 6.07. The number of nitrogens with zero attached hydrogens (tertiary/aromatic N) is 5. The lowest BCUT2D eigenvalue weighted by molar-refractivity contribution is 0.216. The summed E-state index contributed by atoms with van der Waals surface area (Å²) in [6, 6.07) is 3.94. The molecule has 1 aliphatic heterocycles. The minimum Gasteiger partial charge on any atom is -0.468 e. The maximum Gasteiger partial charge on any atom is 0.187 e. The van der Waals surface area contributed by atoms with Crippen molar-refractivity contribution >= 4 is 32.9 Å².